The predicted octanol–water partition coefficient (Wildman–Crippen LogP) is -0.886. The number of aromatic amines is 2. The number of H-pyrrole nitrogens is 2. The van der Waals surface area contributed by atoms with Gasteiger partial charge in [-0.15, -0.1) is 0 Å². The number of carbonyl (C=O) groups excluding carboxylic acids is 1. The molecule has 0 saturated heterocycles. The van der Waals surface area contributed by atoms with Crippen molar-refractivity contribution in [2.24, 2.45) is 0 Å². The van der Waals surface area contributed by atoms with Gasteiger partial charge >= 0.3 is 5.69 Å². The van der Waals surface area contributed by atoms with Crippen LogP contribution < -0.4 is 16.4 Å². The number of carbonyl (C=O) groups is 1. The standard InChI is InChI=1S/C11H9N3O4S/c15-8-9(13-14-11(18)12-8)19-5-6-3-1-2-4-7(6)10(16)17/h1-4H,5H2,(H,16,17)(H2,12,14,15,18)/p-1. The van der Waals surface area contributed by atoms with Crippen molar-refractivity contribution < 1.29 is 9.90 Å². The molecule has 0 saturated carbocycles. The number of aromatic carboxylic acids is 1. The molecule has 98 valence electrons. The highest BCUT2D eigenvalue weighted by molar-refractivity contribution is 7.98. The van der Waals surface area contributed by atoms with Gasteiger partial charge in [0, 0.05) is 11.3 Å². The molecular weight excluding hydrogens is 270 g/mol. The number of nitrogens with zero attached hydrogens (tertiary/aromatic N) is 1. The van der Waals surface area contributed by atoms with Gasteiger partial charge in [-0.05, 0) is 5.56 Å². The summed E-state index contributed by atoms with van der Waals surface area (Å²) in [4.78, 5) is 35.1. The van der Waals surface area contributed by atoms with E-state index >= 15 is 0 Å². The zero-order valence-electron chi connectivity index (χ0n) is 9.50. The van der Waals surface area contributed by atoms with Gasteiger partial charge in [0.2, 0.25) is 0 Å². The van der Waals surface area contributed by atoms with Crippen LogP contribution in [0.3, 0.4) is 0 Å². The van der Waals surface area contributed by atoms with E-state index in [1.54, 1.807) is 18.2 Å². The smallest absolute Gasteiger partial charge is 0.342 e. The molecule has 0 spiro atoms. The Kier molecular flexibility index (Phi) is 3.81. The fraction of sp³-hybridized carbons (Fsp3) is 0.0909. The van der Waals surface area contributed by atoms with Gasteiger partial charge in [0.25, 0.3) is 5.56 Å². The summed E-state index contributed by atoms with van der Waals surface area (Å²) in [5.41, 5.74) is -0.722. The van der Waals surface area contributed by atoms with Gasteiger partial charge in [-0.1, -0.05) is 36.0 Å². The van der Waals surface area contributed by atoms with Crippen molar-refractivity contribution in [1.82, 2.24) is 15.2 Å². The zero-order valence-corrected chi connectivity index (χ0v) is 10.3. The van der Waals surface area contributed by atoms with Gasteiger partial charge in [-0.2, -0.15) is 5.10 Å². The van der Waals surface area contributed by atoms with E-state index in [1.165, 1.54) is 6.07 Å². The molecule has 0 bridgehead atoms. The van der Waals surface area contributed by atoms with Crippen LogP contribution in [-0.2, 0) is 5.75 Å². The van der Waals surface area contributed by atoms with Crippen molar-refractivity contribution in [2.45, 2.75) is 10.8 Å². The third-order valence-electron chi connectivity index (χ3n) is 2.28. The molecular formula is C11H8N3O4S-. The van der Waals surface area contributed by atoms with Gasteiger partial charge in [-0.3, -0.25) is 9.78 Å². The Morgan fingerprint density at radius 2 is 2.05 bits per heavy atom. The molecule has 0 amide bonds. The minimum atomic E-state index is -1.28. The van der Waals surface area contributed by atoms with Crippen molar-refractivity contribution in [3.8, 4) is 0 Å². The summed E-state index contributed by atoms with van der Waals surface area (Å²) >= 11 is 1.02. The summed E-state index contributed by atoms with van der Waals surface area (Å²) in [7, 11) is 0. The Morgan fingerprint density at radius 3 is 2.74 bits per heavy atom. The number of benzene rings is 1. The summed E-state index contributed by atoms with van der Waals surface area (Å²) in [6.07, 6.45) is 0. The van der Waals surface area contributed by atoms with Gasteiger partial charge in [-0.25, -0.2) is 9.89 Å². The fourth-order valence-corrected chi connectivity index (χ4v) is 2.26. The highest BCUT2D eigenvalue weighted by Gasteiger charge is 2.07. The van der Waals surface area contributed by atoms with E-state index in [4.69, 9.17) is 0 Å². The van der Waals surface area contributed by atoms with Crippen LogP contribution in [0.15, 0.2) is 38.9 Å². The van der Waals surface area contributed by atoms with Crippen LogP contribution in [0.2, 0.25) is 0 Å². The van der Waals surface area contributed by atoms with E-state index in [0.717, 1.165) is 11.8 Å². The monoisotopic (exact) mass is 278 g/mol. The van der Waals surface area contributed by atoms with Crippen molar-refractivity contribution in [2.75, 3.05) is 0 Å². The average Bonchev–Trinajstić information content (AvgIpc) is 2.38. The fourth-order valence-electron chi connectivity index (χ4n) is 1.43. The quantitative estimate of drug-likeness (QED) is 0.700. The molecule has 2 N–H and O–H groups in total. The molecule has 0 unspecified atom stereocenters. The third-order valence-corrected chi connectivity index (χ3v) is 3.29. The Hall–Kier alpha value is -2.35. The topological polar surface area (TPSA) is 119 Å². The Labute approximate surface area is 110 Å². The normalized spacial score (nSPS) is 10.3. The minimum absolute atomic E-state index is 0.0627. The number of thioether (sulfide) groups is 1. The number of hydrogen-bond acceptors (Lipinski definition) is 6. The van der Waals surface area contributed by atoms with E-state index < -0.39 is 17.2 Å². The summed E-state index contributed by atoms with van der Waals surface area (Å²) in [6, 6.07) is 6.32. The summed E-state index contributed by atoms with van der Waals surface area (Å²) in [6.45, 7) is 0. The molecule has 0 aliphatic rings. The van der Waals surface area contributed by atoms with Crippen molar-refractivity contribution in [3.05, 3.63) is 56.2 Å². The first-order valence-corrected chi connectivity index (χ1v) is 6.17. The molecule has 0 fully saturated rings. The highest BCUT2D eigenvalue weighted by atomic mass is 32.2. The lowest BCUT2D eigenvalue weighted by Gasteiger charge is -2.08. The SMILES string of the molecule is O=C([O-])c1ccccc1CSc1n[nH]c(=O)[nH]c1=O. The molecule has 0 atom stereocenters. The number of rotatable bonds is 4. The lowest BCUT2D eigenvalue weighted by atomic mass is 10.1. The van der Waals surface area contributed by atoms with E-state index in [1.807, 2.05) is 4.98 Å². The number of aromatic nitrogens is 3. The molecule has 2 rings (SSSR count). The first-order valence-electron chi connectivity index (χ1n) is 5.19. The van der Waals surface area contributed by atoms with Crippen molar-refractivity contribution >= 4 is 17.7 Å². The van der Waals surface area contributed by atoms with Gasteiger partial charge < -0.3 is 9.90 Å². The Morgan fingerprint density at radius 1 is 1.32 bits per heavy atom. The second-order valence-electron chi connectivity index (χ2n) is 3.55. The maximum atomic E-state index is 11.4. The third kappa shape index (κ3) is 3.10. The first-order chi connectivity index (χ1) is 9.08. The molecule has 19 heavy (non-hydrogen) atoms. The van der Waals surface area contributed by atoms with Crippen LogP contribution in [0.25, 0.3) is 0 Å². The van der Waals surface area contributed by atoms with E-state index in [0.29, 0.717) is 5.56 Å². The van der Waals surface area contributed by atoms with E-state index in [-0.39, 0.29) is 16.3 Å². The maximum Gasteiger partial charge on any atom is 0.342 e. The number of hydrogen-bond donors (Lipinski definition) is 2. The first kappa shape index (κ1) is 13.1. The molecule has 0 aliphatic carbocycles. The molecule has 1 heterocycles. The molecule has 0 radical (unpaired) electrons. The maximum absolute atomic E-state index is 11.4. The molecule has 0 aliphatic heterocycles. The van der Waals surface area contributed by atoms with Crippen molar-refractivity contribution in [1.29, 1.82) is 0 Å². The lowest BCUT2D eigenvalue weighted by molar-refractivity contribution is -0.255. The van der Waals surface area contributed by atoms with Crippen LogP contribution in [0, 0.1) is 0 Å². The minimum Gasteiger partial charge on any atom is -0.545 e. The average molecular weight is 278 g/mol. The molecule has 2 aromatic rings. The van der Waals surface area contributed by atoms with Crippen LogP contribution in [-0.4, -0.2) is 21.2 Å². The Balaban J connectivity index is 2.21. The molecule has 8 heteroatoms. The number of nitrogens with one attached hydrogen (secondary N) is 2. The van der Waals surface area contributed by atoms with Crippen LogP contribution in [0.5, 0.6) is 0 Å². The van der Waals surface area contributed by atoms with Gasteiger partial charge in [0.15, 0.2) is 5.03 Å². The van der Waals surface area contributed by atoms with Crippen LogP contribution in [0.4, 0.5) is 0 Å². The van der Waals surface area contributed by atoms with Crippen molar-refractivity contribution in [3.63, 3.8) is 0 Å². The van der Waals surface area contributed by atoms with E-state index in [9.17, 15) is 19.5 Å². The van der Waals surface area contributed by atoms with Gasteiger partial charge in [0.1, 0.15) is 0 Å². The summed E-state index contributed by atoms with van der Waals surface area (Å²) in [5, 5.41) is 16.6. The summed E-state index contributed by atoms with van der Waals surface area (Å²) < 4.78 is 0. The molecule has 7 nitrogen and oxygen atoms in total. The van der Waals surface area contributed by atoms with Crippen LogP contribution in [0.1, 0.15) is 15.9 Å². The number of carboxylic acids is 1. The summed E-state index contributed by atoms with van der Waals surface area (Å²) in [5.74, 6) is -1.05. The largest absolute Gasteiger partial charge is 0.545 e. The highest BCUT2D eigenvalue weighted by Crippen LogP contribution is 2.19. The second-order valence-corrected chi connectivity index (χ2v) is 4.51. The zero-order chi connectivity index (χ0) is 13.8. The molecule has 1 aromatic carbocycles. The second kappa shape index (κ2) is 5.53. The predicted molar refractivity (Wildman–Crippen MR) is 65.8 cm³/mol. The van der Waals surface area contributed by atoms with E-state index in [2.05, 4.69) is 10.2 Å². The number of carboxylic acid groups (broad SMARTS) is 1. The molecule has 1 aromatic heterocycles. The van der Waals surface area contributed by atoms with Gasteiger partial charge in [0.05, 0.1) is 5.97 Å². The lowest BCUT2D eigenvalue weighted by Crippen LogP contribution is -2.25. The van der Waals surface area contributed by atoms with Crippen LogP contribution >= 0.6 is 11.8 Å². The Bertz CT molecular complexity index is 722.